The van der Waals surface area contributed by atoms with Gasteiger partial charge in [-0.25, -0.2) is 0 Å². The monoisotopic (exact) mass is 365 g/mol. The molecule has 2 aromatic carbocycles. The number of nitrogens with one attached hydrogen (secondary N) is 2. The molecule has 1 atom stereocenters. The van der Waals surface area contributed by atoms with Gasteiger partial charge in [0.2, 0.25) is 0 Å². The second-order valence-electron chi connectivity index (χ2n) is 6.79. The van der Waals surface area contributed by atoms with Crippen LogP contribution < -0.4 is 10.6 Å². The van der Waals surface area contributed by atoms with Crippen molar-refractivity contribution >= 4 is 28.3 Å². The van der Waals surface area contributed by atoms with Gasteiger partial charge >= 0.3 is 0 Å². The summed E-state index contributed by atoms with van der Waals surface area (Å²) in [5, 5.41) is 18.3. The molecule has 0 unspecified atom stereocenters. The summed E-state index contributed by atoms with van der Waals surface area (Å²) in [6.45, 7) is 1.81. The lowest BCUT2D eigenvalue weighted by Gasteiger charge is -2.12. The largest absolute Gasteiger partial charge is 0.459 e. The van der Waals surface area contributed by atoms with Crippen LogP contribution in [0.25, 0.3) is 11.0 Å². The number of carbonyl (C=O) groups excluding carboxylic acids is 1. The van der Waals surface area contributed by atoms with Gasteiger partial charge < -0.3 is 15.1 Å². The van der Waals surface area contributed by atoms with E-state index in [1.54, 1.807) is 12.1 Å². The quantitative estimate of drug-likeness (QED) is 0.498. The van der Waals surface area contributed by atoms with Gasteiger partial charge in [-0.05, 0) is 44.0 Å². The van der Waals surface area contributed by atoms with Gasteiger partial charge in [0.05, 0.1) is 11.0 Å². The first-order valence-electron chi connectivity index (χ1n) is 8.85. The Bertz CT molecular complexity index is 990. The first kappa shape index (κ1) is 17.1. The first-order chi connectivity index (χ1) is 13.0. The highest BCUT2D eigenvalue weighted by atomic mass is 16.6. The van der Waals surface area contributed by atoms with Crippen molar-refractivity contribution in [3.8, 4) is 0 Å². The molecule has 4 rings (SSSR count). The Hall–Kier alpha value is -3.35. The van der Waals surface area contributed by atoms with E-state index in [0.29, 0.717) is 11.4 Å². The van der Waals surface area contributed by atoms with Gasteiger partial charge in [-0.15, -0.1) is 0 Å². The second kappa shape index (κ2) is 6.75. The molecule has 0 aliphatic heterocycles. The van der Waals surface area contributed by atoms with E-state index < -0.39 is 4.92 Å². The highest BCUT2D eigenvalue weighted by Crippen LogP contribution is 2.32. The maximum absolute atomic E-state index is 12.6. The molecule has 0 saturated heterocycles. The van der Waals surface area contributed by atoms with Gasteiger partial charge in [-0.3, -0.25) is 14.9 Å². The molecule has 7 nitrogen and oxygen atoms in total. The SMILES string of the molecule is C[C@H](NC(=O)c1ccc(NC2CC2)c([N+](=O)[O-])c1)c1cc2ccccc2o1. The molecule has 1 amide bonds. The highest BCUT2D eigenvalue weighted by molar-refractivity contribution is 5.96. The fraction of sp³-hybridized carbons (Fsp3) is 0.250. The number of hydrogen-bond donors (Lipinski definition) is 2. The fourth-order valence-corrected chi connectivity index (χ4v) is 2.96. The molecule has 1 aromatic heterocycles. The third-order valence-electron chi connectivity index (χ3n) is 4.61. The first-order valence-corrected chi connectivity index (χ1v) is 8.85. The Morgan fingerprint density at radius 2 is 2.00 bits per heavy atom. The van der Waals surface area contributed by atoms with Crippen molar-refractivity contribution in [2.45, 2.75) is 31.8 Å². The Morgan fingerprint density at radius 3 is 2.70 bits per heavy atom. The minimum atomic E-state index is -0.468. The van der Waals surface area contributed by atoms with E-state index in [-0.39, 0.29) is 29.2 Å². The molecule has 1 aliphatic carbocycles. The maximum atomic E-state index is 12.6. The summed E-state index contributed by atoms with van der Waals surface area (Å²) in [7, 11) is 0. The predicted molar refractivity (Wildman–Crippen MR) is 102 cm³/mol. The number of fused-ring (bicyclic) bond motifs is 1. The number of amides is 1. The summed E-state index contributed by atoms with van der Waals surface area (Å²) >= 11 is 0. The molecular weight excluding hydrogens is 346 g/mol. The van der Waals surface area contributed by atoms with Crippen molar-refractivity contribution in [2.75, 3.05) is 5.32 Å². The number of hydrogen-bond acceptors (Lipinski definition) is 5. The highest BCUT2D eigenvalue weighted by Gasteiger charge is 2.26. The van der Waals surface area contributed by atoms with Crippen molar-refractivity contribution in [3.05, 3.63) is 70.0 Å². The van der Waals surface area contributed by atoms with Crippen LogP contribution in [0.2, 0.25) is 0 Å². The predicted octanol–water partition coefficient (Wildman–Crippen LogP) is 4.41. The van der Waals surface area contributed by atoms with Crippen molar-refractivity contribution in [3.63, 3.8) is 0 Å². The molecule has 1 saturated carbocycles. The van der Waals surface area contributed by atoms with Gasteiger partial charge in [0, 0.05) is 23.1 Å². The molecule has 27 heavy (non-hydrogen) atoms. The third-order valence-corrected chi connectivity index (χ3v) is 4.61. The Balaban J connectivity index is 1.53. The molecule has 0 spiro atoms. The third kappa shape index (κ3) is 3.62. The van der Waals surface area contributed by atoms with Crippen LogP contribution in [0.3, 0.4) is 0 Å². The van der Waals surface area contributed by atoms with Crippen molar-refractivity contribution in [1.29, 1.82) is 0 Å². The van der Waals surface area contributed by atoms with E-state index in [2.05, 4.69) is 10.6 Å². The van der Waals surface area contributed by atoms with Crippen LogP contribution in [-0.2, 0) is 0 Å². The van der Waals surface area contributed by atoms with Crippen molar-refractivity contribution in [2.24, 2.45) is 0 Å². The average molecular weight is 365 g/mol. The normalized spacial score (nSPS) is 14.7. The molecule has 2 N–H and O–H groups in total. The number of nitro groups is 1. The molecule has 7 heteroatoms. The van der Waals surface area contributed by atoms with Gasteiger partial charge in [0.1, 0.15) is 17.0 Å². The Labute approximate surface area is 155 Å². The van der Waals surface area contributed by atoms with E-state index >= 15 is 0 Å². The number of nitro benzene ring substituents is 1. The van der Waals surface area contributed by atoms with Crippen LogP contribution in [0.4, 0.5) is 11.4 Å². The Kier molecular flexibility index (Phi) is 4.27. The van der Waals surface area contributed by atoms with Crippen LogP contribution >= 0.6 is 0 Å². The number of rotatable bonds is 6. The van der Waals surface area contributed by atoms with E-state index in [1.807, 2.05) is 37.3 Å². The van der Waals surface area contributed by atoms with Crippen LogP contribution in [0.5, 0.6) is 0 Å². The molecule has 3 aromatic rings. The molecule has 0 bridgehead atoms. The smallest absolute Gasteiger partial charge is 0.293 e. The standard InChI is InChI=1S/C20H19N3O4/c1-12(19-11-13-4-2-3-5-18(13)27-19)21-20(24)14-6-9-16(22-15-7-8-15)17(10-14)23(25)26/h2-6,9-12,15,22H,7-8H2,1H3,(H,21,24)/t12-/m0/s1. The van der Waals surface area contributed by atoms with Crippen LogP contribution in [0.1, 0.15) is 41.9 Å². The van der Waals surface area contributed by atoms with Crippen LogP contribution in [-0.4, -0.2) is 16.9 Å². The van der Waals surface area contributed by atoms with Gasteiger partial charge in [-0.1, -0.05) is 18.2 Å². The van der Waals surface area contributed by atoms with Gasteiger partial charge in [0.15, 0.2) is 0 Å². The zero-order valence-electron chi connectivity index (χ0n) is 14.8. The number of benzene rings is 2. The fourth-order valence-electron chi connectivity index (χ4n) is 2.96. The minimum absolute atomic E-state index is 0.0917. The topological polar surface area (TPSA) is 97.4 Å². The number of nitrogens with zero attached hydrogens (tertiary/aromatic N) is 1. The van der Waals surface area contributed by atoms with Crippen LogP contribution in [0, 0.1) is 10.1 Å². The summed E-state index contributed by atoms with van der Waals surface area (Å²) < 4.78 is 5.77. The van der Waals surface area contributed by atoms with Crippen LogP contribution in [0.15, 0.2) is 52.9 Å². The summed E-state index contributed by atoms with van der Waals surface area (Å²) in [6, 6.07) is 13.9. The molecule has 0 radical (unpaired) electrons. The number of anilines is 1. The minimum Gasteiger partial charge on any atom is -0.459 e. The summed E-state index contributed by atoms with van der Waals surface area (Å²) in [5.74, 6) is 0.245. The number of para-hydroxylation sites is 1. The zero-order chi connectivity index (χ0) is 19.0. The zero-order valence-corrected chi connectivity index (χ0v) is 14.8. The van der Waals surface area contributed by atoms with Crippen molar-refractivity contribution < 1.29 is 14.1 Å². The molecule has 1 aliphatic rings. The lowest BCUT2D eigenvalue weighted by Crippen LogP contribution is -2.26. The molecule has 138 valence electrons. The lowest BCUT2D eigenvalue weighted by molar-refractivity contribution is -0.384. The second-order valence-corrected chi connectivity index (χ2v) is 6.79. The lowest BCUT2D eigenvalue weighted by atomic mass is 10.1. The maximum Gasteiger partial charge on any atom is 0.293 e. The van der Waals surface area contributed by atoms with Crippen molar-refractivity contribution in [1.82, 2.24) is 5.32 Å². The van der Waals surface area contributed by atoms with E-state index in [4.69, 9.17) is 4.42 Å². The summed E-state index contributed by atoms with van der Waals surface area (Å²) in [4.78, 5) is 23.5. The Morgan fingerprint density at radius 1 is 1.22 bits per heavy atom. The average Bonchev–Trinajstić information content (AvgIpc) is 3.36. The number of carbonyl (C=O) groups is 1. The van der Waals surface area contributed by atoms with Gasteiger partial charge in [0.25, 0.3) is 11.6 Å². The molecule has 1 heterocycles. The summed E-state index contributed by atoms with van der Waals surface area (Å²) in [6.07, 6.45) is 2.02. The van der Waals surface area contributed by atoms with E-state index in [9.17, 15) is 14.9 Å². The molecular formula is C20H19N3O4. The number of furan rings is 1. The van der Waals surface area contributed by atoms with Gasteiger partial charge in [-0.2, -0.15) is 0 Å². The van der Waals surface area contributed by atoms with E-state index in [0.717, 1.165) is 23.8 Å². The summed E-state index contributed by atoms with van der Waals surface area (Å²) in [5.41, 5.74) is 1.35. The van der Waals surface area contributed by atoms with E-state index in [1.165, 1.54) is 6.07 Å². The molecule has 1 fully saturated rings.